The van der Waals surface area contributed by atoms with Crippen LogP contribution in [-0.2, 0) is 6.42 Å². The summed E-state index contributed by atoms with van der Waals surface area (Å²) in [7, 11) is 0. The van der Waals surface area contributed by atoms with Crippen LogP contribution in [-0.4, -0.2) is 0 Å². The molecular formula is C21H19N. The SMILES string of the molecule is CC1Cc2ccccc2-c2cccc(-c3ccc(N)cc3)c21. The topological polar surface area (TPSA) is 26.0 Å². The maximum absolute atomic E-state index is 5.83. The van der Waals surface area contributed by atoms with E-state index < -0.39 is 0 Å². The summed E-state index contributed by atoms with van der Waals surface area (Å²) >= 11 is 0. The number of rotatable bonds is 1. The molecule has 1 heteroatoms. The monoisotopic (exact) mass is 285 g/mol. The lowest BCUT2D eigenvalue weighted by Gasteiger charge is -2.28. The summed E-state index contributed by atoms with van der Waals surface area (Å²) in [4.78, 5) is 0. The van der Waals surface area contributed by atoms with Gasteiger partial charge in [-0.15, -0.1) is 0 Å². The zero-order valence-electron chi connectivity index (χ0n) is 12.7. The third kappa shape index (κ3) is 2.01. The molecule has 1 unspecified atom stereocenters. The van der Waals surface area contributed by atoms with Gasteiger partial charge in [-0.3, -0.25) is 0 Å². The first-order valence-corrected chi connectivity index (χ1v) is 7.81. The summed E-state index contributed by atoms with van der Waals surface area (Å²) in [5.41, 5.74) is 14.9. The molecule has 2 N–H and O–H groups in total. The van der Waals surface area contributed by atoms with Gasteiger partial charge in [0.25, 0.3) is 0 Å². The smallest absolute Gasteiger partial charge is 0.0314 e. The van der Waals surface area contributed by atoms with E-state index in [0.29, 0.717) is 5.92 Å². The van der Waals surface area contributed by atoms with E-state index in [0.717, 1.165) is 12.1 Å². The van der Waals surface area contributed by atoms with Gasteiger partial charge in [0.2, 0.25) is 0 Å². The minimum absolute atomic E-state index is 0.527. The van der Waals surface area contributed by atoms with Crippen LogP contribution in [0.1, 0.15) is 24.0 Å². The molecule has 0 saturated heterocycles. The van der Waals surface area contributed by atoms with Crippen LogP contribution in [0.15, 0.2) is 66.7 Å². The second-order valence-electron chi connectivity index (χ2n) is 6.15. The van der Waals surface area contributed by atoms with Crippen LogP contribution in [0.2, 0.25) is 0 Å². The first-order valence-electron chi connectivity index (χ1n) is 7.81. The lowest BCUT2D eigenvalue weighted by Crippen LogP contribution is -2.10. The summed E-state index contributed by atoms with van der Waals surface area (Å²) in [6.45, 7) is 2.33. The Labute approximate surface area is 131 Å². The summed E-state index contributed by atoms with van der Waals surface area (Å²) in [6, 6.07) is 23.6. The average molecular weight is 285 g/mol. The van der Waals surface area contributed by atoms with Crippen LogP contribution in [0, 0.1) is 0 Å². The maximum Gasteiger partial charge on any atom is 0.0314 e. The number of nitrogen functional groups attached to an aromatic ring is 1. The largest absolute Gasteiger partial charge is 0.399 e. The van der Waals surface area contributed by atoms with E-state index in [2.05, 4.69) is 61.5 Å². The molecule has 0 spiro atoms. The predicted octanol–water partition coefficient (Wildman–Crippen LogP) is 5.26. The van der Waals surface area contributed by atoms with Crippen molar-refractivity contribution in [1.82, 2.24) is 0 Å². The molecule has 1 nitrogen and oxygen atoms in total. The fourth-order valence-electron chi connectivity index (χ4n) is 3.64. The Morgan fingerprint density at radius 1 is 0.773 bits per heavy atom. The highest BCUT2D eigenvalue weighted by Gasteiger charge is 2.24. The van der Waals surface area contributed by atoms with Gasteiger partial charge < -0.3 is 5.73 Å². The van der Waals surface area contributed by atoms with E-state index >= 15 is 0 Å². The number of anilines is 1. The average Bonchev–Trinajstić information content (AvgIpc) is 2.55. The van der Waals surface area contributed by atoms with Crippen LogP contribution in [0.25, 0.3) is 22.3 Å². The lowest BCUT2D eigenvalue weighted by molar-refractivity contribution is 0.751. The molecule has 0 heterocycles. The van der Waals surface area contributed by atoms with Crippen LogP contribution >= 0.6 is 0 Å². The molecule has 0 amide bonds. The van der Waals surface area contributed by atoms with Gasteiger partial charge in [-0.05, 0) is 57.9 Å². The van der Waals surface area contributed by atoms with E-state index in [4.69, 9.17) is 5.73 Å². The van der Waals surface area contributed by atoms with Gasteiger partial charge in [-0.1, -0.05) is 61.5 Å². The third-order valence-electron chi connectivity index (χ3n) is 4.65. The fourth-order valence-corrected chi connectivity index (χ4v) is 3.64. The minimum Gasteiger partial charge on any atom is -0.399 e. The molecule has 3 aromatic rings. The highest BCUT2D eigenvalue weighted by atomic mass is 14.5. The van der Waals surface area contributed by atoms with Crippen molar-refractivity contribution in [2.24, 2.45) is 0 Å². The first-order chi connectivity index (χ1) is 10.7. The maximum atomic E-state index is 5.83. The molecule has 0 aromatic heterocycles. The molecule has 22 heavy (non-hydrogen) atoms. The normalized spacial score (nSPS) is 16.0. The zero-order valence-corrected chi connectivity index (χ0v) is 12.7. The van der Waals surface area contributed by atoms with E-state index in [1.807, 2.05) is 12.1 Å². The molecular weight excluding hydrogens is 266 g/mol. The van der Waals surface area contributed by atoms with Gasteiger partial charge in [0.15, 0.2) is 0 Å². The van der Waals surface area contributed by atoms with Gasteiger partial charge in [-0.2, -0.15) is 0 Å². The standard InChI is InChI=1S/C21H19N/c1-14-13-16-5-2-3-6-18(16)20-8-4-7-19(21(14)20)15-9-11-17(22)12-10-15/h2-12,14H,13,22H2,1H3. The van der Waals surface area contributed by atoms with Gasteiger partial charge in [0, 0.05) is 5.69 Å². The van der Waals surface area contributed by atoms with Crippen molar-refractivity contribution in [1.29, 1.82) is 0 Å². The molecule has 1 aliphatic carbocycles. The third-order valence-corrected chi connectivity index (χ3v) is 4.65. The van der Waals surface area contributed by atoms with Crippen LogP contribution in [0.4, 0.5) is 5.69 Å². The number of hydrogen-bond donors (Lipinski definition) is 1. The molecule has 0 saturated carbocycles. The highest BCUT2D eigenvalue weighted by molar-refractivity contribution is 5.82. The predicted molar refractivity (Wildman–Crippen MR) is 93.8 cm³/mol. The van der Waals surface area contributed by atoms with Gasteiger partial charge >= 0.3 is 0 Å². The Kier molecular flexibility index (Phi) is 3.00. The highest BCUT2D eigenvalue weighted by Crippen LogP contribution is 2.44. The van der Waals surface area contributed by atoms with Crippen molar-refractivity contribution in [2.75, 3.05) is 5.73 Å². The number of fused-ring (bicyclic) bond motifs is 3. The van der Waals surface area contributed by atoms with E-state index in [9.17, 15) is 0 Å². The van der Waals surface area contributed by atoms with Gasteiger partial charge in [0.05, 0.1) is 0 Å². The van der Waals surface area contributed by atoms with E-state index in [1.54, 1.807) is 0 Å². The molecule has 1 atom stereocenters. The van der Waals surface area contributed by atoms with E-state index in [1.165, 1.54) is 33.4 Å². The Morgan fingerprint density at radius 3 is 2.27 bits per heavy atom. The fraction of sp³-hybridized carbons (Fsp3) is 0.143. The Balaban J connectivity index is 1.96. The van der Waals surface area contributed by atoms with Crippen molar-refractivity contribution >= 4 is 5.69 Å². The zero-order chi connectivity index (χ0) is 15.1. The molecule has 0 radical (unpaired) electrons. The molecule has 0 bridgehead atoms. The number of nitrogens with two attached hydrogens (primary N) is 1. The van der Waals surface area contributed by atoms with E-state index in [-0.39, 0.29) is 0 Å². The first kappa shape index (κ1) is 13.1. The summed E-state index contributed by atoms with van der Waals surface area (Å²) in [5, 5.41) is 0. The summed E-state index contributed by atoms with van der Waals surface area (Å²) < 4.78 is 0. The second-order valence-corrected chi connectivity index (χ2v) is 6.15. The Bertz CT molecular complexity index is 831. The van der Waals surface area contributed by atoms with Crippen molar-refractivity contribution in [2.45, 2.75) is 19.3 Å². The molecule has 4 rings (SSSR count). The molecule has 108 valence electrons. The van der Waals surface area contributed by atoms with Crippen molar-refractivity contribution in [3.05, 3.63) is 77.9 Å². The molecule has 0 aliphatic heterocycles. The minimum atomic E-state index is 0.527. The van der Waals surface area contributed by atoms with Gasteiger partial charge in [0.1, 0.15) is 0 Å². The van der Waals surface area contributed by atoms with Crippen molar-refractivity contribution in [3.8, 4) is 22.3 Å². The van der Waals surface area contributed by atoms with Crippen molar-refractivity contribution < 1.29 is 0 Å². The molecule has 1 aliphatic rings. The Morgan fingerprint density at radius 2 is 1.45 bits per heavy atom. The van der Waals surface area contributed by atoms with Crippen molar-refractivity contribution in [3.63, 3.8) is 0 Å². The summed E-state index contributed by atoms with van der Waals surface area (Å²) in [6.07, 6.45) is 1.11. The van der Waals surface area contributed by atoms with Gasteiger partial charge in [-0.25, -0.2) is 0 Å². The number of hydrogen-bond acceptors (Lipinski definition) is 1. The second kappa shape index (κ2) is 5.03. The molecule has 0 fully saturated rings. The quantitative estimate of drug-likeness (QED) is 0.606. The number of benzene rings is 3. The lowest BCUT2D eigenvalue weighted by atomic mass is 9.76. The van der Waals surface area contributed by atoms with Crippen LogP contribution in [0.3, 0.4) is 0 Å². The van der Waals surface area contributed by atoms with Crippen LogP contribution < -0.4 is 5.73 Å². The molecule has 3 aromatic carbocycles. The summed E-state index contributed by atoms with van der Waals surface area (Å²) in [5.74, 6) is 0.527. The van der Waals surface area contributed by atoms with Crippen LogP contribution in [0.5, 0.6) is 0 Å². The Hall–Kier alpha value is -2.54.